The van der Waals surface area contributed by atoms with Gasteiger partial charge in [-0.05, 0) is 12.1 Å². The summed E-state index contributed by atoms with van der Waals surface area (Å²) < 4.78 is 0. The lowest BCUT2D eigenvalue weighted by Crippen LogP contribution is -2.33. The Balaban J connectivity index is 2.25. The predicted molar refractivity (Wildman–Crippen MR) is 82.0 cm³/mol. The number of nitrogens with zero attached hydrogens (tertiary/aromatic N) is 3. The molecular weight excluding hydrogens is 311 g/mol. The van der Waals surface area contributed by atoms with Gasteiger partial charge in [-0.2, -0.15) is 0 Å². The first-order valence-corrected chi connectivity index (χ1v) is 6.99. The highest BCUT2D eigenvalue weighted by atomic mass is 35.5. The topological polar surface area (TPSA) is 81.8 Å². The highest BCUT2D eigenvalue weighted by molar-refractivity contribution is 6.33. The number of nitrogens with two attached hydrogens (primary N) is 1. The molecule has 0 spiro atoms. The molecule has 0 atom stereocenters. The van der Waals surface area contributed by atoms with Gasteiger partial charge < -0.3 is 5.73 Å². The summed E-state index contributed by atoms with van der Waals surface area (Å²) in [4.78, 5) is 23.8. The molecule has 0 bridgehead atoms. The van der Waals surface area contributed by atoms with E-state index in [1.807, 2.05) is 0 Å². The summed E-state index contributed by atoms with van der Waals surface area (Å²) >= 11 is 11.7. The first-order valence-electron chi connectivity index (χ1n) is 6.23. The Labute approximate surface area is 132 Å². The zero-order valence-corrected chi connectivity index (χ0v) is 13.1. The zero-order valence-electron chi connectivity index (χ0n) is 11.6. The highest BCUT2D eigenvalue weighted by Crippen LogP contribution is 2.23. The summed E-state index contributed by atoms with van der Waals surface area (Å²) in [6.07, 6.45) is 2.08. The first-order chi connectivity index (χ1) is 9.78. The molecule has 0 aliphatic heterocycles. The van der Waals surface area contributed by atoms with Crippen LogP contribution < -0.4 is 5.73 Å². The number of carbonyl (C=O) groups excluding carboxylic acids is 1. The molecule has 2 aromatic rings. The number of rotatable bonds is 4. The van der Waals surface area contributed by atoms with Crippen molar-refractivity contribution < 1.29 is 4.79 Å². The summed E-state index contributed by atoms with van der Waals surface area (Å²) in [7, 11) is 0. The molecule has 21 heavy (non-hydrogen) atoms. The lowest BCUT2D eigenvalue weighted by Gasteiger charge is -2.19. The van der Waals surface area contributed by atoms with E-state index >= 15 is 0 Å². The minimum Gasteiger partial charge on any atom is -0.369 e. The predicted octanol–water partition coefficient (Wildman–Crippen LogP) is 2.90. The maximum absolute atomic E-state index is 11.3. The van der Waals surface area contributed by atoms with E-state index < -0.39 is 5.41 Å². The van der Waals surface area contributed by atoms with Crippen LogP contribution in [0.2, 0.25) is 10.3 Å². The molecule has 0 aliphatic rings. The van der Waals surface area contributed by atoms with Crippen LogP contribution in [0.25, 0.3) is 11.4 Å². The average molecular weight is 325 g/mol. The Bertz CT molecular complexity index is 651. The minimum atomic E-state index is -0.648. The molecule has 0 aliphatic carbocycles. The fourth-order valence-corrected chi connectivity index (χ4v) is 2.14. The maximum Gasteiger partial charge on any atom is 0.223 e. The Hall–Kier alpha value is -1.72. The minimum absolute atomic E-state index is 0.268. The van der Waals surface area contributed by atoms with Crippen LogP contribution in [0.15, 0.2) is 24.4 Å². The van der Waals surface area contributed by atoms with E-state index in [1.54, 1.807) is 32.2 Å². The Morgan fingerprint density at radius 2 is 1.86 bits per heavy atom. The van der Waals surface area contributed by atoms with E-state index in [-0.39, 0.29) is 16.2 Å². The van der Waals surface area contributed by atoms with Gasteiger partial charge in [0.15, 0.2) is 5.82 Å². The number of amides is 1. The summed E-state index contributed by atoms with van der Waals surface area (Å²) in [5, 5.41) is 0.535. The Morgan fingerprint density at radius 3 is 2.33 bits per heavy atom. The molecule has 0 saturated heterocycles. The second kappa shape index (κ2) is 5.95. The summed E-state index contributed by atoms with van der Waals surface area (Å²) in [6.45, 7) is 3.57. The number of hydrogen-bond acceptors (Lipinski definition) is 4. The number of pyridine rings is 1. The SMILES string of the molecule is CC(C)(Cc1ccc(-c2nc(Cl)cc(Cl)n2)cn1)C(N)=O. The van der Waals surface area contributed by atoms with Crippen LogP contribution in [0.4, 0.5) is 0 Å². The standard InChI is InChI=1S/C14H14Cl2N4O/c1-14(2,13(17)21)6-9-4-3-8(7-18-9)12-19-10(15)5-11(16)20-12/h3-5,7H,6H2,1-2H3,(H2,17,21). The molecule has 2 N–H and O–H groups in total. The lowest BCUT2D eigenvalue weighted by atomic mass is 9.87. The van der Waals surface area contributed by atoms with Crippen LogP contribution in [0.3, 0.4) is 0 Å². The van der Waals surface area contributed by atoms with Crippen molar-refractivity contribution in [3.63, 3.8) is 0 Å². The third kappa shape index (κ3) is 3.89. The number of aromatic nitrogens is 3. The van der Waals surface area contributed by atoms with Crippen LogP contribution in [-0.4, -0.2) is 20.9 Å². The number of primary amides is 1. The van der Waals surface area contributed by atoms with Gasteiger partial charge in [0.1, 0.15) is 10.3 Å². The second-order valence-electron chi connectivity index (χ2n) is 5.30. The normalized spacial score (nSPS) is 11.4. The van der Waals surface area contributed by atoms with Crippen LogP contribution in [0.1, 0.15) is 19.5 Å². The number of carbonyl (C=O) groups is 1. The Kier molecular flexibility index (Phi) is 4.44. The lowest BCUT2D eigenvalue weighted by molar-refractivity contribution is -0.125. The number of halogens is 2. The largest absolute Gasteiger partial charge is 0.369 e. The molecule has 7 heteroatoms. The smallest absolute Gasteiger partial charge is 0.223 e. The average Bonchev–Trinajstić information content (AvgIpc) is 2.37. The van der Waals surface area contributed by atoms with Gasteiger partial charge in [0.25, 0.3) is 0 Å². The van der Waals surface area contributed by atoms with Gasteiger partial charge in [0.05, 0.1) is 0 Å². The molecule has 0 saturated carbocycles. The van der Waals surface area contributed by atoms with Gasteiger partial charge in [-0.1, -0.05) is 37.0 Å². The molecule has 0 fully saturated rings. The molecule has 2 rings (SSSR count). The van der Waals surface area contributed by atoms with Crippen molar-refractivity contribution in [3.05, 3.63) is 40.4 Å². The van der Waals surface area contributed by atoms with E-state index in [0.717, 1.165) is 5.69 Å². The molecule has 2 heterocycles. The van der Waals surface area contributed by atoms with Gasteiger partial charge in [-0.3, -0.25) is 9.78 Å². The Morgan fingerprint density at radius 1 is 1.24 bits per heavy atom. The first kappa shape index (κ1) is 15.7. The molecule has 0 unspecified atom stereocenters. The maximum atomic E-state index is 11.3. The van der Waals surface area contributed by atoms with Gasteiger partial charge >= 0.3 is 0 Å². The van der Waals surface area contributed by atoms with Crippen molar-refractivity contribution in [1.29, 1.82) is 0 Å². The van der Waals surface area contributed by atoms with Crippen LogP contribution >= 0.6 is 23.2 Å². The summed E-state index contributed by atoms with van der Waals surface area (Å²) in [6, 6.07) is 5.07. The van der Waals surface area contributed by atoms with Crippen LogP contribution in [-0.2, 0) is 11.2 Å². The molecule has 5 nitrogen and oxygen atoms in total. The molecule has 2 aromatic heterocycles. The van der Waals surface area contributed by atoms with Gasteiger partial charge in [0, 0.05) is 35.4 Å². The third-order valence-electron chi connectivity index (χ3n) is 3.04. The molecule has 0 aromatic carbocycles. The fourth-order valence-electron chi connectivity index (χ4n) is 1.72. The van der Waals surface area contributed by atoms with Crippen molar-refractivity contribution in [2.24, 2.45) is 11.1 Å². The highest BCUT2D eigenvalue weighted by Gasteiger charge is 2.25. The van der Waals surface area contributed by atoms with E-state index in [1.165, 1.54) is 6.07 Å². The van der Waals surface area contributed by atoms with Crippen LogP contribution in [0, 0.1) is 5.41 Å². The van der Waals surface area contributed by atoms with Crippen molar-refractivity contribution >= 4 is 29.1 Å². The molecular formula is C14H14Cl2N4O. The second-order valence-corrected chi connectivity index (χ2v) is 6.07. The van der Waals surface area contributed by atoms with Crippen molar-refractivity contribution in [3.8, 4) is 11.4 Å². The van der Waals surface area contributed by atoms with Crippen LogP contribution in [0.5, 0.6) is 0 Å². The number of hydrogen-bond donors (Lipinski definition) is 1. The van der Waals surface area contributed by atoms with Gasteiger partial charge in [0.2, 0.25) is 5.91 Å². The van der Waals surface area contributed by atoms with Gasteiger partial charge in [-0.25, -0.2) is 9.97 Å². The fraction of sp³-hybridized carbons (Fsp3) is 0.286. The summed E-state index contributed by atoms with van der Waals surface area (Å²) in [5.41, 5.74) is 6.16. The molecule has 1 amide bonds. The summed E-state index contributed by atoms with van der Waals surface area (Å²) in [5.74, 6) is 0.0408. The van der Waals surface area contributed by atoms with Crippen molar-refractivity contribution in [1.82, 2.24) is 15.0 Å². The molecule has 0 radical (unpaired) electrons. The van der Waals surface area contributed by atoms with E-state index in [9.17, 15) is 4.79 Å². The van der Waals surface area contributed by atoms with E-state index in [4.69, 9.17) is 28.9 Å². The monoisotopic (exact) mass is 324 g/mol. The zero-order chi connectivity index (χ0) is 15.6. The quantitative estimate of drug-likeness (QED) is 0.876. The van der Waals surface area contributed by atoms with Crippen molar-refractivity contribution in [2.45, 2.75) is 20.3 Å². The van der Waals surface area contributed by atoms with E-state index in [0.29, 0.717) is 17.8 Å². The van der Waals surface area contributed by atoms with Crippen molar-refractivity contribution in [2.75, 3.05) is 0 Å². The van der Waals surface area contributed by atoms with Gasteiger partial charge in [-0.15, -0.1) is 0 Å². The van der Waals surface area contributed by atoms with E-state index in [2.05, 4.69) is 15.0 Å². The third-order valence-corrected chi connectivity index (χ3v) is 3.42. The molecule has 110 valence electrons.